The van der Waals surface area contributed by atoms with Crippen molar-refractivity contribution < 1.29 is 13.9 Å². The molecule has 160 valence electrons. The molecule has 5 nitrogen and oxygen atoms in total. The molecule has 30 heavy (non-hydrogen) atoms. The second-order valence-electron chi connectivity index (χ2n) is 7.52. The molecule has 0 aliphatic carbocycles. The average Bonchev–Trinajstić information content (AvgIpc) is 2.74. The first-order valence-corrected chi connectivity index (χ1v) is 10.9. The highest BCUT2D eigenvalue weighted by molar-refractivity contribution is 9.10. The number of anilines is 2. The van der Waals surface area contributed by atoms with Crippen molar-refractivity contribution in [3.63, 3.8) is 0 Å². The summed E-state index contributed by atoms with van der Waals surface area (Å²) in [6.07, 6.45) is 1.83. The van der Waals surface area contributed by atoms with Gasteiger partial charge in [-0.3, -0.25) is 9.79 Å². The third kappa shape index (κ3) is 6.12. The number of rotatable bonds is 7. The maximum absolute atomic E-state index is 14.8. The van der Waals surface area contributed by atoms with Crippen molar-refractivity contribution in [2.24, 2.45) is 10.9 Å². The smallest absolute Gasteiger partial charge is 0.223 e. The lowest BCUT2D eigenvalue weighted by atomic mass is 10.1. The molecule has 1 heterocycles. The molecule has 1 fully saturated rings. The molecule has 7 heteroatoms. The van der Waals surface area contributed by atoms with Gasteiger partial charge in [0.1, 0.15) is 5.82 Å². The van der Waals surface area contributed by atoms with Crippen LogP contribution in [-0.4, -0.2) is 51.5 Å². The minimum absolute atomic E-state index is 0.114. The van der Waals surface area contributed by atoms with Crippen molar-refractivity contribution in [1.82, 2.24) is 0 Å². The molecule has 0 N–H and O–H groups in total. The predicted molar refractivity (Wildman–Crippen MR) is 123 cm³/mol. The number of carbonyl (C=O) groups excluding carboxylic acids is 1. The summed E-state index contributed by atoms with van der Waals surface area (Å²) in [4.78, 5) is 20.3. The number of hydrogen-bond acceptors (Lipinski definition) is 4. The summed E-state index contributed by atoms with van der Waals surface area (Å²) in [5.74, 6) is -0.304. The minimum atomic E-state index is -0.318. The first-order valence-electron chi connectivity index (χ1n) is 10.1. The van der Waals surface area contributed by atoms with Crippen molar-refractivity contribution in [3.8, 4) is 0 Å². The quantitative estimate of drug-likeness (QED) is 0.552. The SMILES string of the molecule is CC(=O)N(CC(C)CN=Cc1ccc(Br)cc1)c1ccc(N2CCOCC2)c(F)c1. The zero-order chi connectivity index (χ0) is 21.5. The summed E-state index contributed by atoms with van der Waals surface area (Å²) >= 11 is 3.41. The van der Waals surface area contributed by atoms with Gasteiger partial charge in [-0.2, -0.15) is 0 Å². The molecule has 2 aromatic carbocycles. The van der Waals surface area contributed by atoms with E-state index in [4.69, 9.17) is 4.74 Å². The van der Waals surface area contributed by atoms with Gasteiger partial charge in [0.15, 0.2) is 0 Å². The number of amides is 1. The first kappa shape index (κ1) is 22.4. The van der Waals surface area contributed by atoms with Gasteiger partial charge in [0.05, 0.1) is 18.9 Å². The van der Waals surface area contributed by atoms with Crippen LogP contribution in [0.1, 0.15) is 19.4 Å². The lowest BCUT2D eigenvalue weighted by molar-refractivity contribution is -0.116. The van der Waals surface area contributed by atoms with Gasteiger partial charge in [-0.1, -0.05) is 35.0 Å². The fraction of sp³-hybridized carbons (Fsp3) is 0.391. The predicted octanol–water partition coefficient (Wildman–Crippen LogP) is 4.53. The summed E-state index contributed by atoms with van der Waals surface area (Å²) in [7, 11) is 0. The van der Waals surface area contributed by atoms with Gasteiger partial charge in [-0.05, 0) is 41.8 Å². The molecule has 1 amide bonds. The lowest BCUT2D eigenvalue weighted by Gasteiger charge is -2.30. The fourth-order valence-corrected chi connectivity index (χ4v) is 3.66. The van der Waals surface area contributed by atoms with Gasteiger partial charge in [0.25, 0.3) is 0 Å². The highest BCUT2D eigenvalue weighted by Crippen LogP contribution is 2.26. The number of ether oxygens (including phenoxy) is 1. The molecule has 2 aromatic rings. The van der Waals surface area contributed by atoms with Gasteiger partial charge in [-0.25, -0.2) is 4.39 Å². The van der Waals surface area contributed by atoms with E-state index in [0.29, 0.717) is 50.8 Å². The number of benzene rings is 2. The third-order valence-corrected chi connectivity index (χ3v) is 5.53. The van der Waals surface area contributed by atoms with Crippen LogP contribution in [-0.2, 0) is 9.53 Å². The molecule has 3 rings (SSSR count). The molecule has 0 aromatic heterocycles. The van der Waals surface area contributed by atoms with Gasteiger partial charge in [0, 0.05) is 49.5 Å². The van der Waals surface area contributed by atoms with Crippen LogP contribution in [0.25, 0.3) is 0 Å². The van der Waals surface area contributed by atoms with Crippen molar-refractivity contribution in [2.75, 3.05) is 49.2 Å². The summed E-state index contributed by atoms with van der Waals surface area (Å²) in [6, 6.07) is 12.9. The molecule has 1 atom stereocenters. The Morgan fingerprint density at radius 1 is 1.27 bits per heavy atom. The molecular formula is C23H27BrFN3O2. The Bertz CT molecular complexity index is 883. The molecule has 0 bridgehead atoms. The highest BCUT2D eigenvalue weighted by atomic mass is 79.9. The Labute approximate surface area is 185 Å². The van der Waals surface area contributed by atoms with Gasteiger partial charge in [-0.15, -0.1) is 0 Å². The van der Waals surface area contributed by atoms with E-state index in [1.54, 1.807) is 11.0 Å². The second-order valence-corrected chi connectivity index (χ2v) is 8.43. The van der Waals surface area contributed by atoms with Crippen LogP contribution in [0.3, 0.4) is 0 Å². The van der Waals surface area contributed by atoms with Crippen LogP contribution in [0.2, 0.25) is 0 Å². The average molecular weight is 476 g/mol. The maximum Gasteiger partial charge on any atom is 0.223 e. The molecule has 0 saturated carbocycles. The van der Waals surface area contributed by atoms with Gasteiger partial charge >= 0.3 is 0 Å². The second kappa shape index (κ2) is 10.7. The van der Waals surface area contributed by atoms with Crippen LogP contribution >= 0.6 is 15.9 Å². The summed E-state index contributed by atoms with van der Waals surface area (Å²) < 4.78 is 21.1. The van der Waals surface area contributed by atoms with Crippen LogP contribution in [0.5, 0.6) is 0 Å². The van der Waals surface area contributed by atoms with Gasteiger partial charge in [0.2, 0.25) is 5.91 Å². The van der Waals surface area contributed by atoms with E-state index in [-0.39, 0.29) is 17.6 Å². The van der Waals surface area contributed by atoms with E-state index in [1.807, 2.05) is 48.4 Å². The number of carbonyl (C=O) groups is 1. The van der Waals surface area contributed by atoms with Crippen LogP contribution in [0.15, 0.2) is 51.9 Å². The molecular weight excluding hydrogens is 449 g/mol. The lowest BCUT2D eigenvalue weighted by Crippen LogP contribution is -2.37. The van der Waals surface area contributed by atoms with Crippen molar-refractivity contribution in [3.05, 3.63) is 58.3 Å². The van der Waals surface area contributed by atoms with E-state index >= 15 is 0 Å². The fourth-order valence-electron chi connectivity index (χ4n) is 3.40. The van der Waals surface area contributed by atoms with E-state index in [9.17, 15) is 9.18 Å². The molecule has 1 saturated heterocycles. The zero-order valence-electron chi connectivity index (χ0n) is 17.4. The normalized spacial score (nSPS) is 15.4. The number of morpholine rings is 1. The number of nitrogens with zero attached hydrogens (tertiary/aromatic N) is 3. The van der Waals surface area contributed by atoms with E-state index < -0.39 is 0 Å². The minimum Gasteiger partial charge on any atom is -0.378 e. The topological polar surface area (TPSA) is 45.1 Å². The Balaban J connectivity index is 1.64. The van der Waals surface area contributed by atoms with Crippen LogP contribution in [0, 0.1) is 11.7 Å². The monoisotopic (exact) mass is 475 g/mol. The maximum atomic E-state index is 14.8. The van der Waals surface area contributed by atoms with Crippen LogP contribution < -0.4 is 9.80 Å². The molecule has 1 unspecified atom stereocenters. The Morgan fingerprint density at radius 3 is 2.60 bits per heavy atom. The molecule has 0 spiro atoms. The van der Waals surface area contributed by atoms with Gasteiger partial charge < -0.3 is 14.5 Å². The summed E-state index contributed by atoms with van der Waals surface area (Å²) in [5, 5.41) is 0. The summed E-state index contributed by atoms with van der Waals surface area (Å²) in [6.45, 7) is 7.12. The van der Waals surface area contributed by atoms with Crippen molar-refractivity contribution in [2.45, 2.75) is 13.8 Å². The van der Waals surface area contributed by atoms with E-state index in [0.717, 1.165) is 10.0 Å². The Morgan fingerprint density at radius 2 is 1.97 bits per heavy atom. The number of aliphatic imine (C=N–C) groups is 1. The Kier molecular flexibility index (Phi) is 7.99. The first-order chi connectivity index (χ1) is 14.4. The molecule has 1 aliphatic heterocycles. The zero-order valence-corrected chi connectivity index (χ0v) is 18.9. The molecule has 1 aliphatic rings. The van der Waals surface area contributed by atoms with E-state index in [2.05, 4.69) is 20.9 Å². The standard InChI is InChI=1S/C23H27BrFN3O2/c1-17(14-26-15-19-3-5-20(24)6-4-19)16-28(18(2)29)21-7-8-23(22(25)13-21)27-9-11-30-12-10-27/h3-8,13,15,17H,9-12,14,16H2,1-2H3. The summed E-state index contributed by atoms with van der Waals surface area (Å²) in [5.41, 5.74) is 2.15. The van der Waals surface area contributed by atoms with E-state index in [1.165, 1.54) is 13.0 Å². The number of halogens is 2. The highest BCUT2D eigenvalue weighted by Gasteiger charge is 2.19. The molecule has 0 radical (unpaired) electrons. The number of hydrogen-bond donors (Lipinski definition) is 0. The van der Waals surface area contributed by atoms with Crippen molar-refractivity contribution in [1.29, 1.82) is 0 Å². The van der Waals surface area contributed by atoms with Crippen LogP contribution in [0.4, 0.5) is 15.8 Å². The Hall–Kier alpha value is -2.25. The largest absolute Gasteiger partial charge is 0.378 e. The van der Waals surface area contributed by atoms with Crippen molar-refractivity contribution >= 4 is 39.4 Å². The third-order valence-electron chi connectivity index (χ3n) is 5.00.